The molecule has 253 valence electrons. The molecule has 0 amide bonds. The molecule has 0 saturated heterocycles. The Bertz CT molecular complexity index is 2090. The standard InChI is InChI=1S/C28H23N2OSi.C13H24O2.Ir/c1-30-23-15-14-18-9-5-6-10-19(18)26(23)25(32(2,3)4)17-24(30)22-12-7-11-20-21-13-8-16-29-28(21)31-27(20)22;1-5-10(6-2)12(14)9-13(15)11(7-3)8-4;/h5-11,13-17H,1H2,2-4H3;9-11,14H,5-8H2,1-4H3;/q-1;;/b;12-9-;. The molecule has 0 unspecified atom stereocenters. The van der Waals surface area contributed by atoms with Crippen LogP contribution in [0, 0.1) is 24.9 Å². The van der Waals surface area contributed by atoms with Gasteiger partial charge in [0, 0.05) is 56.6 Å². The van der Waals surface area contributed by atoms with Crippen LogP contribution < -0.4 is 9.75 Å². The molecule has 0 aliphatic carbocycles. The Hall–Kier alpha value is -3.77. The fourth-order valence-corrected chi connectivity index (χ4v) is 8.11. The number of aliphatic hydroxyl groups excluding tert-OH is 1. The zero-order valence-corrected chi connectivity index (χ0v) is 32.6. The zero-order chi connectivity index (χ0) is 33.9. The van der Waals surface area contributed by atoms with Crippen molar-refractivity contribution in [2.75, 3.05) is 0 Å². The summed E-state index contributed by atoms with van der Waals surface area (Å²) in [5, 5.41) is 17.1. The number of benzene rings is 3. The van der Waals surface area contributed by atoms with E-state index in [1.54, 1.807) is 6.20 Å². The predicted octanol–water partition coefficient (Wildman–Crippen LogP) is 10.1. The van der Waals surface area contributed by atoms with Gasteiger partial charge in [0.15, 0.2) is 5.78 Å². The first kappa shape index (κ1) is 37.1. The van der Waals surface area contributed by atoms with Crippen LogP contribution in [0.5, 0.6) is 0 Å². The van der Waals surface area contributed by atoms with E-state index in [-0.39, 0.29) is 43.5 Å². The van der Waals surface area contributed by atoms with Crippen molar-refractivity contribution >= 4 is 62.8 Å². The molecule has 5 nitrogen and oxygen atoms in total. The second-order valence-electron chi connectivity index (χ2n) is 13.4. The molecular formula is C41H47IrN2O3Si-. The topological polar surface area (TPSA) is 67.2 Å². The van der Waals surface area contributed by atoms with E-state index in [1.165, 1.54) is 27.4 Å². The quantitative estimate of drug-likeness (QED) is 0.0394. The van der Waals surface area contributed by atoms with Crippen molar-refractivity contribution in [2.45, 2.75) is 73.0 Å². The fourth-order valence-electron chi connectivity index (χ4n) is 6.53. The van der Waals surface area contributed by atoms with Crippen LogP contribution in [-0.2, 0) is 24.9 Å². The zero-order valence-electron chi connectivity index (χ0n) is 29.2. The van der Waals surface area contributed by atoms with Crippen LogP contribution in [0.2, 0.25) is 19.6 Å². The van der Waals surface area contributed by atoms with Gasteiger partial charge in [-0.2, -0.15) is 0 Å². The number of carbonyl (C=O) groups excluding carboxylic acids is 1. The number of hydrogen-bond acceptors (Lipinski definition) is 4. The van der Waals surface area contributed by atoms with Crippen LogP contribution in [0.3, 0.4) is 0 Å². The minimum absolute atomic E-state index is 0. The number of nitrogens with zero attached hydrogens (tertiary/aromatic N) is 2. The van der Waals surface area contributed by atoms with Crippen molar-refractivity contribution in [1.29, 1.82) is 0 Å². The van der Waals surface area contributed by atoms with Gasteiger partial charge < -0.3 is 14.1 Å². The molecule has 0 saturated carbocycles. The molecule has 0 atom stereocenters. The van der Waals surface area contributed by atoms with Crippen LogP contribution in [0.25, 0.3) is 55.0 Å². The van der Waals surface area contributed by atoms with E-state index in [1.807, 2.05) is 50.5 Å². The Balaban J connectivity index is 0.000000279. The largest absolute Gasteiger partial charge is 0.512 e. The maximum atomic E-state index is 11.7. The van der Waals surface area contributed by atoms with Gasteiger partial charge in [-0.1, -0.05) is 88.2 Å². The van der Waals surface area contributed by atoms with Crippen LogP contribution in [0.4, 0.5) is 0 Å². The molecule has 1 N–H and O–H groups in total. The van der Waals surface area contributed by atoms with E-state index in [4.69, 9.17) is 4.42 Å². The molecule has 1 radical (unpaired) electrons. The number of ketones is 1. The summed E-state index contributed by atoms with van der Waals surface area (Å²) >= 11 is 0. The summed E-state index contributed by atoms with van der Waals surface area (Å²) < 4.78 is 8.27. The average Bonchev–Trinajstić information content (AvgIpc) is 3.45. The number of allylic oxidation sites excluding steroid dienone is 2. The summed E-state index contributed by atoms with van der Waals surface area (Å²) in [4.78, 5) is 16.1. The van der Waals surface area contributed by atoms with Gasteiger partial charge in [0.2, 0.25) is 5.71 Å². The van der Waals surface area contributed by atoms with Crippen molar-refractivity contribution in [1.82, 2.24) is 4.98 Å². The van der Waals surface area contributed by atoms with Gasteiger partial charge in [-0.25, -0.2) is 4.98 Å². The van der Waals surface area contributed by atoms with Gasteiger partial charge in [-0.05, 0) is 71.7 Å². The second kappa shape index (κ2) is 15.6. The van der Waals surface area contributed by atoms with Crippen molar-refractivity contribution in [2.24, 2.45) is 11.8 Å². The minimum Gasteiger partial charge on any atom is -0.512 e. The monoisotopic (exact) mass is 836 g/mol. The molecule has 0 aliphatic rings. The first-order valence-electron chi connectivity index (χ1n) is 16.9. The van der Waals surface area contributed by atoms with E-state index in [9.17, 15) is 9.90 Å². The van der Waals surface area contributed by atoms with Gasteiger partial charge in [0.05, 0.1) is 19.4 Å². The number of furan rings is 1. The smallest absolute Gasteiger partial charge is 0.216 e. The van der Waals surface area contributed by atoms with E-state index in [0.29, 0.717) is 5.71 Å². The number of carbonyl (C=O) groups is 1. The minimum atomic E-state index is -1.70. The summed E-state index contributed by atoms with van der Waals surface area (Å²) in [7, 11) is 2.77. The molecular weight excluding hydrogens is 789 g/mol. The maximum Gasteiger partial charge on any atom is 0.216 e. The van der Waals surface area contributed by atoms with E-state index in [2.05, 4.69) is 86.3 Å². The van der Waals surface area contributed by atoms with Gasteiger partial charge in [0.25, 0.3) is 0 Å². The van der Waals surface area contributed by atoms with Crippen LogP contribution >= 0.6 is 0 Å². The van der Waals surface area contributed by atoms with Crippen molar-refractivity contribution in [3.63, 3.8) is 0 Å². The van der Waals surface area contributed by atoms with Crippen LogP contribution in [0.15, 0.2) is 89.2 Å². The maximum absolute atomic E-state index is 11.7. The van der Waals surface area contributed by atoms with Crippen molar-refractivity contribution in [3.8, 4) is 11.3 Å². The van der Waals surface area contributed by atoms with Crippen LogP contribution in [-0.4, -0.2) is 23.9 Å². The Labute approximate surface area is 299 Å². The third-order valence-electron chi connectivity index (χ3n) is 9.39. The molecule has 0 spiro atoms. The van der Waals surface area contributed by atoms with Gasteiger partial charge >= 0.3 is 0 Å². The molecule has 6 aromatic rings. The molecule has 48 heavy (non-hydrogen) atoms. The third-order valence-corrected chi connectivity index (χ3v) is 11.4. The predicted molar refractivity (Wildman–Crippen MR) is 199 cm³/mol. The van der Waals surface area contributed by atoms with Gasteiger partial charge in [-0.15, -0.1) is 18.2 Å². The summed E-state index contributed by atoms with van der Waals surface area (Å²) in [5.74, 6) is 0.547. The first-order chi connectivity index (χ1) is 22.5. The normalized spacial score (nSPS) is 12.1. The first-order valence-corrected chi connectivity index (χ1v) is 20.4. The van der Waals surface area contributed by atoms with Crippen molar-refractivity contribution < 1.29 is 39.0 Å². The average molecular weight is 836 g/mol. The molecule has 0 fully saturated rings. The molecule has 0 aliphatic heterocycles. The number of pyridine rings is 2. The van der Waals surface area contributed by atoms with Gasteiger partial charge in [-0.3, -0.25) is 4.79 Å². The molecule has 3 heterocycles. The SMILES string of the molecule is CCC(CC)C(=O)/C=C(\O)C(CC)CC.[CH2-][n+]1c(-c2[c-]ccc3c2oc2ncccc23)cc([Si](C)(C)C)c2c3ccccc3ccc21.[Ir]. The second-order valence-corrected chi connectivity index (χ2v) is 18.4. The van der Waals surface area contributed by atoms with E-state index in [0.717, 1.165) is 58.8 Å². The molecule has 6 rings (SSSR count). The molecule has 3 aromatic heterocycles. The Morgan fingerprint density at radius 1 is 0.938 bits per heavy atom. The molecule has 0 bridgehead atoms. The Kier molecular flexibility index (Phi) is 12.1. The summed E-state index contributed by atoms with van der Waals surface area (Å²) in [5.41, 5.74) is 4.51. The molecule has 3 aromatic carbocycles. The molecule has 7 heteroatoms. The summed E-state index contributed by atoms with van der Waals surface area (Å²) in [6, 6.07) is 26.8. The third kappa shape index (κ3) is 7.29. The van der Waals surface area contributed by atoms with Crippen molar-refractivity contribution in [3.05, 3.63) is 97.9 Å². The Morgan fingerprint density at radius 2 is 1.60 bits per heavy atom. The number of aliphatic hydroxyl groups is 1. The van der Waals surface area contributed by atoms with Gasteiger partial charge in [0.1, 0.15) is 11.2 Å². The van der Waals surface area contributed by atoms with Crippen LogP contribution in [0.1, 0.15) is 53.4 Å². The van der Waals surface area contributed by atoms with E-state index >= 15 is 0 Å². The number of aromatic nitrogens is 2. The Morgan fingerprint density at radius 3 is 2.27 bits per heavy atom. The number of hydrogen-bond donors (Lipinski definition) is 1. The fraction of sp³-hybridized carbons (Fsp3) is 0.317. The number of fused-ring (bicyclic) bond motifs is 6. The summed E-state index contributed by atoms with van der Waals surface area (Å²) in [6.07, 6.45) is 6.67. The summed E-state index contributed by atoms with van der Waals surface area (Å²) in [6.45, 7) is 15.3. The van der Waals surface area contributed by atoms with E-state index < -0.39 is 8.07 Å². The number of rotatable bonds is 9.